The molecule has 3 aromatic rings. The smallest absolute Gasteiger partial charge is 0.123 e. The van der Waals surface area contributed by atoms with E-state index in [0.29, 0.717) is 0 Å². The zero-order valence-electron chi connectivity index (χ0n) is 13.6. The molecule has 0 aliphatic carbocycles. The summed E-state index contributed by atoms with van der Waals surface area (Å²) in [6.07, 6.45) is 5.00. The van der Waals surface area contributed by atoms with Crippen molar-refractivity contribution < 1.29 is 4.39 Å². The van der Waals surface area contributed by atoms with E-state index in [0.717, 1.165) is 46.9 Å². The largest absolute Gasteiger partial charge is 0.256 e. The summed E-state index contributed by atoms with van der Waals surface area (Å²) in [6, 6.07) is 14.6. The van der Waals surface area contributed by atoms with Crippen molar-refractivity contribution in [2.24, 2.45) is 0 Å². The Hall–Kier alpha value is -2.37. The van der Waals surface area contributed by atoms with E-state index < -0.39 is 0 Å². The number of pyridine rings is 1. The van der Waals surface area contributed by atoms with Crippen LogP contribution in [0.4, 0.5) is 4.39 Å². The van der Waals surface area contributed by atoms with Crippen molar-refractivity contribution in [2.45, 2.75) is 26.2 Å². The van der Waals surface area contributed by atoms with Gasteiger partial charge in [0.1, 0.15) is 5.82 Å². The van der Waals surface area contributed by atoms with Crippen LogP contribution >= 0.6 is 12.4 Å². The predicted octanol–water partition coefficient (Wildman–Crippen LogP) is 6.00. The Balaban J connectivity index is 0.00000208. The van der Waals surface area contributed by atoms with Crippen LogP contribution in [0.25, 0.3) is 22.0 Å². The Bertz CT molecular complexity index is 893. The van der Waals surface area contributed by atoms with Crippen molar-refractivity contribution in [3.05, 3.63) is 66.1 Å². The number of rotatable bonds is 3. The molecule has 0 fully saturated rings. The maximum Gasteiger partial charge on any atom is 0.123 e. The third-order valence-electron chi connectivity index (χ3n) is 3.73. The SMILES string of the molecule is CCCCC#Cc1ccc2ncc(-c3cccc(F)c3)cc2c1.Cl. The second kappa shape index (κ2) is 8.47. The average Bonchev–Trinajstić information content (AvgIpc) is 2.58. The number of fused-ring (bicyclic) bond motifs is 1. The fourth-order valence-electron chi connectivity index (χ4n) is 2.46. The van der Waals surface area contributed by atoms with Crippen molar-refractivity contribution in [2.75, 3.05) is 0 Å². The maximum absolute atomic E-state index is 13.4. The van der Waals surface area contributed by atoms with E-state index in [-0.39, 0.29) is 18.2 Å². The van der Waals surface area contributed by atoms with E-state index >= 15 is 0 Å². The van der Waals surface area contributed by atoms with E-state index in [1.807, 2.05) is 30.3 Å². The lowest BCUT2D eigenvalue weighted by Crippen LogP contribution is -1.85. The van der Waals surface area contributed by atoms with Gasteiger partial charge in [0.25, 0.3) is 0 Å². The van der Waals surface area contributed by atoms with Gasteiger partial charge in [-0.25, -0.2) is 4.39 Å². The minimum atomic E-state index is -0.238. The number of unbranched alkanes of at least 4 members (excludes halogenated alkanes) is 2. The average molecular weight is 340 g/mol. The van der Waals surface area contributed by atoms with Gasteiger partial charge in [0.15, 0.2) is 0 Å². The van der Waals surface area contributed by atoms with Gasteiger partial charge in [-0.15, -0.1) is 12.4 Å². The van der Waals surface area contributed by atoms with Gasteiger partial charge in [0.05, 0.1) is 5.52 Å². The molecule has 3 heteroatoms. The topological polar surface area (TPSA) is 12.9 Å². The molecule has 0 saturated heterocycles. The molecule has 1 nitrogen and oxygen atoms in total. The van der Waals surface area contributed by atoms with E-state index in [1.54, 1.807) is 12.3 Å². The summed E-state index contributed by atoms with van der Waals surface area (Å²) in [4.78, 5) is 4.47. The summed E-state index contributed by atoms with van der Waals surface area (Å²) in [5, 5.41) is 1.02. The number of aromatic nitrogens is 1. The molecule has 0 radical (unpaired) electrons. The first kappa shape index (κ1) is 18.0. The van der Waals surface area contributed by atoms with Gasteiger partial charge in [-0.2, -0.15) is 0 Å². The van der Waals surface area contributed by atoms with Gasteiger partial charge in [0, 0.05) is 29.1 Å². The Morgan fingerprint density at radius 2 is 1.92 bits per heavy atom. The molecular formula is C21H19ClFN. The van der Waals surface area contributed by atoms with Crippen molar-refractivity contribution in [1.29, 1.82) is 0 Å². The molecular weight excluding hydrogens is 321 g/mol. The molecule has 3 rings (SSSR count). The summed E-state index contributed by atoms with van der Waals surface area (Å²) < 4.78 is 13.4. The summed E-state index contributed by atoms with van der Waals surface area (Å²) in [5.74, 6) is 6.17. The van der Waals surface area contributed by atoms with E-state index in [1.165, 1.54) is 12.1 Å². The second-order valence-corrected chi connectivity index (χ2v) is 5.55. The van der Waals surface area contributed by atoms with Crippen LogP contribution in [0.15, 0.2) is 54.7 Å². The molecule has 0 bridgehead atoms. The minimum absolute atomic E-state index is 0. The first-order valence-corrected chi connectivity index (χ1v) is 7.91. The molecule has 1 aromatic heterocycles. The summed E-state index contributed by atoms with van der Waals surface area (Å²) >= 11 is 0. The molecule has 0 aliphatic heterocycles. The highest BCUT2D eigenvalue weighted by molar-refractivity contribution is 5.85. The number of halogens is 2. The van der Waals surface area contributed by atoms with Gasteiger partial charge in [-0.3, -0.25) is 4.98 Å². The Morgan fingerprint density at radius 3 is 2.71 bits per heavy atom. The summed E-state index contributed by atoms with van der Waals surface area (Å²) in [5.41, 5.74) is 3.66. The van der Waals surface area contributed by atoms with E-state index in [2.05, 4.69) is 23.7 Å². The number of benzene rings is 2. The molecule has 0 unspecified atom stereocenters. The van der Waals surface area contributed by atoms with E-state index in [9.17, 15) is 4.39 Å². The Morgan fingerprint density at radius 1 is 1.04 bits per heavy atom. The predicted molar refractivity (Wildman–Crippen MR) is 101 cm³/mol. The quantitative estimate of drug-likeness (QED) is 0.421. The van der Waals surface area contributed by atoms with Crippen LogP contribution in [-0.2, 0) is 0 Å². The van der Waals surface area contributed by atoms with Gasteiger partial charge < -0.3 is 0 Å². The van der Waals surface area contributed by atoms with Crippen molar-refractivity contribution in [3.63, 3.8) is 0 Å². The molecule has 0 spiro atoms. The monoisotopic (exact) mass is 339 g/mol. The van der Waals surface area contributed by atoms with Crippen LogP contribution in [0.5, 0.6) is 0 Å². The fourth-order valence-corrected chi connectivity index (χ4v) is 2.46. The van der Waals surface area contributed by atoms with Gasteiger partial charge in [0.2, 0.25) is 0 Å². The van der Waals surface area contributed by atoms with Crippen LogP contribution in [0.2, 0.25) is 0 Å². The molecule has 0 saturated carbocycles. The molecule has 0 N–H and O–H groups in total. The van der Waals surface area contributed by atoms with Crippen molar-refractivity contribution in [3.8, 4) is 23.0 Å². The third kappa shape index (κ3) is 4.34. The first-order valence-electron chi connectivity index (χ1n) is 7.91. The molecule has 24 heavy (non-hydrogen) atoms. The molecule has 0 amide bonds. The van der Waals surface area contributed by atoms with Crippen molar-refractivity contribution in [1.82, 2.24) is 4.98 Å². The highest BCUT2D eigenvalue weighted by Crippen LogP contribution is 2.23. The normalized spacial score (nSPS) is 9.92. The van der Waals surface area contributed by atoms with Crippen LogP contribution < -0.4 is 0 Å². The lowest BCUT2D eigenvalue weighted by Gasteiger charge is -2.04. The number of hydrogen-bond acceptors (Lipinski definition) is 1. The van der Waals surface area contributed by atoms with Gasteiger partial charge >= 0.3 is 0 Å². The standard InChI is InChI=1S/C21H18FN.ClH/c1-2-3-4-5-7-16-10-11-21-18(12-16)13-19(15-23-21)17-8-6-9-20(22)14-17;/h6,8-15H,2-4H2,1H3;1H. The van der Waals surface area contributed by atoms with Crippen molar-refractivity contribution >= 4 is 23.3 Å². The molecule has 0 aliphatic rings. The van der Waals surface area contributed by atoms with Crippen LogP contribution in [0, 0.1) is 17.7 Å². The Kier molecular flexibility index (Phi) is 6.35. The molecule has 122 valence electrons. The summed E-state index contributed by atoms with van der Waals surface area (Å²) in [7, 11) is 0. The minimum Gasteiger partial charge on any atom is -0.256 e. The van der Waals surface area contributed by atoms with Crippen LogP contribution in [0.1, 0.15) is 31.7 Å². The third-order valence-corrected chi connectivity index (χ3v) is 3.73. The second-order valence-electron chi connectivity index (χ2n) is 5.55. The number of hydrogen-bond donors (Lipinski definition) is 0. The van der Waals surface area contributed by atoms with Crippen LogP contribution in [-0.4, -0.2) is 4.98 Å². The molecule has 0 atom stereocenters. The highest BCUT2D eigenvalue weighted by Gasteiger charge is 2.03. The highest BCUT2D eigenvalue weighted by atomic mass is 35.5. The lowest BCUT2D eigenvalue weighted by atomic mass is 10.0. The zero-order chi connectivity index (χ0) is 16.1. The Labute approximate surface area is 148 Å². The molecule has 2 aromatic carbocycles. The molecule has 1 heterocycles. The summed E-state index contributed by atoms with van der Waals surface area (Å²) in [6.45, 7) is 2.16. The first-order chi connectivity index (χ1) is 11.3. The number of nitrogens with zero attached hydrogens (tertiary/aromatic N) is 1. The van der Waals surface area contributed by atoms with Gasteiger partial charge in [-0.05, 0) is 48.4 Å². The maximum atomic E-state index is 13.4. The van der Waals surface area contributed by atoms with Gasteiger partial charge in [-0.1, -0.05) is 37.3 Å². The van der Waals surface area contributed by atoms with Crippen LogP contribution in [0.3, 0.4) is 0 Å². The fraction of sp³-hybridized carbons (Fsp3) is 0.190. The lowest BCUT2D eigenvalue weighted by molar-refractivity contribution is 0.628. The van der Waals surface area contributed by atoms with E-state index in [4.69, 9.17) is 0 Å². The zero-order valence-corrected chi connectivity index (χ0v) is 14.4.